The summed E-state index contributed by atoms with van der Waals surface area (Å²) in [5.41, 5.74) is 3.83. The van der Waals surface area contributed by atoms with E-state index in [1.165, 1.54) is 4.88 Å². The molecule has 0 atom stereocenters. The lowest BCUT2D eigenvalue weighted by Gasteiger charge is -2.40. The van der Waals surface area contributed by atoms with Crippen LogP contribution in [0.15, 0.2) is 24.0 Å². The molecule has 1 fully saturated rings. The van der Waals surface area contributed by atoms with Gasteiger partial charge in [-0.05, 0) is 19.1 Å². The Morgan fingerprint density at radius 2 is 2.27 bits per heavy atom. The highest BCUT2D eigenvalue weighted by Crippen LogP contribution is 2.22. The second-order valence-electron chi connectivity index (χ2n) is 5.59. The van der Waals surface area contributed by atoms with Gasteiger partial charge in [-0.1, -0.05) is 0 Å². The van der Waals surface area contributed by atoms with Crippen molar-refractivity contribution in [3.8, 4) is 0 Å². The van der Waals surface area contributed by atoms with Crippen LogP contribution in [-0.2, 0) is 6.54 Å². The first-order valence-electron chi connectivity index (χ1n) is 7.31. The molecule has 1 N–H and O–H groups in total. The van der Waals surface area contributed by atoms with E-state index in [9.17, 15) is 0 Å². The topological polar surface area (TPSA) is 71.2 Å². The summed E-state index contributed by atoms with van der Waals surface area (Å²) in [7, 11) is 0. The maximum atomic E-state index is 4.51. The lowest BCUT2D eigenvalue weighted by atomic mass is 10.0. The first-order chi connectivity index (χ1) is 10.8. The predicted octanol–water partition coefficient (Wildman–Crippen LogP) is 1.12. The summed E-state index contributed by atoms with van der Waals surface area (Å²) in [6.07, 6.45) is 1.63. The van der Waals surface area contributed by atoms with Gasteiger partial charge in [-0.3, -0.25) is 0 Å². The van der Waals surface area contributed by atoms with Gasteiger partial charge in [0.25, 0.3) is 0 Å². The van der Waals surface area contributed by atoms with Gasteiger partial charge in [0.05, 0.1) is 11.2 Å². The van der Waals surface area contributed by atoms with Crippen molar-refractivity contribution in [1.82, 2.24) is 30.1 Å². The molecule has 0 spiro atoms. The highest BCUT2D eigenvalue weighted by molar-refractivity contribution is 7.09. The molecule has 1 aliphatic heterocycles. The van der Waals surface area contributed by atoms with Gasteiger partial charge in [0, 0.05) is 37.0 Å². The Balaban J connectivity index is 1.28. The summed E-state index contributed by atoms with van der Waals surface area (Å²) < 4.78 is 1.72. The number of thiazole rings is 1. The van der Waals surface area contributed by atoms with E-state index in [4.69, 9.17) is 0 Å². The smallest absolute Gasteiger partial charge is 0.177 e. The van der Waals surface area contributed by atoms with Gasteiger partial charge in [0.15, 0.2) is 5.65 Å². The van der Waals surface area contributed by atoms with E-state index in [-0.39, 0.29) is 0 Å². The maximum absolute atomic E-state index is 4.51. The van der Waals surface area contributed by atoms with E-state index in [2.05, 4.69) is 37.4 Å². The molecule has 1 saturated heterocycles. The standard InChI is InChI=1S/C14H17N7S/c1-10-12(22-9-16-10)5-15-4-11-6-20(7-11)14-3-2-13-18-17-8-21(13)19-14/h2-3,8-9,11,15H,4-7H2,1H3. The molecule has 7 nitrogen and oxygen atoms in total. The van der Waals surface area contributed by atoms with Crippen LogP contribution in [0, 0.1) is 12.8 Å². The first-order valence-corrected chi connectivity index (χ1v) is 8.19. The van der Waals surface area contributed by atoms with Crippen LogP contribution in [0.3, 0.4) is 0 Å². The van der Waals surface area contributed by atoms with Crippen molar-refractivity contribution in [3.63, 3.8) is 0 Å². The number of aryl methyl sites for hydroxylation is 1. The third-order valence-corrected chi connectivity index (χ3v) is 4.93. The SMILES string of the molecule is Cc1ncsc1CNCC1CN(c2ccc3nncn3n2)C1. The van der Waals surface area contributed by atoms with Crippen LogP contribution >= 0.6 is 11.3 Å². The second-order valence-corrected chi connectivity index (χ2v) is 6.53. The average Bonchev–Trinajstić information content (AvgIpc) is 3.09. The lowest BCUT2D eigenvalue weighted by molar-refractivity contribution is 0.381. The Morgan fingerprint density at radius 1 is 1.36 bits per heavy atom. The van der Waals surface area contributed by atoms with Crippen LogP contribution in [0.1, 0.15) is 10.6 Å². The van der Waals surface area contributed by atoms with Crippen LogP contribution in [0.4, 0.5) is 5.82 Å². The summed E-state index contributed by atoms with van der Waals surface area (Å²) in [6.45, 7) is 6.08. The third-order valence-electron chi connectivity index (χ3n) is 3.99. The minimum absolute atomic E-state index is 0.673. The number of fused-ring (bicyclic) bond motifs is 1. The molecule has 0 aliphatic carbocycles. The summed E-state index contributed by atoms with van der Waals surface area (Å²) in [4.78, 5) is 7.88. The molecule has 0 aromatic carbocycles. The quantitative estimate of drug-likeness (QED) is 0.761. The molecule has 0 radical (unpaired) electrons. The highest BCUT2D eigenvalue weighted by atomic mass is 32.1. The minimum atomic E-state index is 0.673. The molecule has 4 heterocycles. The molecule has 1 aliphatic rings. The van der Waals surface area contributed by atoms with E-state index in [0.717, 1.165) is 43.3 Å². The number of hydrogen-bond acceptors (Lipinski definition) is 7. The molecule has 22 heavy (non-hydrogen) atoms. The van der Waals surface area contributed by atoms with Gasteiger partial charge in [-0.2, -0.15) is 4.52 Å². The lowest BCUT2D eigenvalue weighted by Crippen LogP contribution is -2.51. The van der Waals surface area contributed by atoms with Crippen molar-refractivity contribution in [1.29, 1.82) is 0 Å². The number of nitrogens with zero attached hydrogens (tertiary/aromatic N) is 6. The number of nitrogens with one attached hydrogen (secondary N) is 1. The Labute approximate surface area is 132 Å². The van der Waals surface area contributed by atoms with E-state index >= 15 is 0 Å². The Bertz CT molecular complexity index is 774. The Kier molecular flexibility index (Phi) is 3.47. The largest absolute Gasteiger partial charge is 0.354 e. The fourth-order valence-corrected chi connectivity index (χ4v) is 3.41. The van der Waals surface area contributed by atoms with Crippen molar-refractivity contribution in [3.05, 3.63) is 34.5 Å². The fourth-order valence-electron chi connectivity index (χ4n) is 2.66. The molecule has 0 unspecified atom stereocenters. The molecular formula is C14H17N7S. The molecular weight excluding hydrogens is 298 g/mol. The molecule has 0 amide bonds. The monoisotopic (exact) mass is 315 g/mol. The van der Waals surface area contributed by atoms with Crippen molar-refractivity contribution < 1.29 is 0 Å². The zero-order valence-corrected chi connectivity index (χ0v) is 13.1. The summed E-state index contributed by atoms with van der Waals surface area (Å²) in [5.74, 6) is 1.66. The molecule has 0 saturated carbocycles. The van der Waals surface area contributed by atoms with Gasteiger partial charge < -0.3 is 10.2 Å². The first kappa shape index (κ1) is 13.6. The van der Waals surface area contributed by atoms with Crippen molar-refractivity contribution in [2.75, 3.05) is 24.5 Å². The fraction of sp³-hybridized carbons (Fsp3) is 0.429. The molecule has 114 valence electrons. The van der Waals surface area contributed by atoms with Crippen LogP contribution in [0.5, 0.6) is 0 Å². The van der Waals surface area contributed by atoms with Crippen molar-refractivity contribution in [2.24, 2.45) is 5.92 Å². The van der Waals surface area contributed by atoms with E-state index in [1.807, 2.05) is 17.6 Å². The number of hydrogen-bond donors (Lipinski definition) is 1. The second kappa shape index (κ2) is 5.62. The van der Waals surface area contributed by atoms with Gasteiger partial charge in [0.2, 0.25) is 0 Å². The van der Waals surface area contributed by atoms with E-state index in [0.29, 0.717) is 5.92 Å². The number of anilines is 1. The van der Waals surface area contributed by atoms with Gasteiger partial charge in [0.1, 0.15) is 12.1 Å². The Hall–Kier alpha value is -2.06. The van der Waals surface area contributed by atoms with Crippen LogP contribution in [0.25, 0.3) is 5.65 Å². The summed E-state index contributed by atoms with van der Waals surface area (Å²) in [6, 6.07) is 3.96. The van der Waals surface area contributed by atoms with Crippen LogP contribution in [0.2, 0.25) is 0 Å². The molecule has 3 aromatic heterocycles. The average molecular weight is 315 g/mol. The van der Waals surface area contributed by atoms with Crippen molar-refractivity contribution in [2.45, 2.75) is 13.5 Å². The predicted molar refractivity (Wildman–Crippen MR) is 85.0 cm³/mol. The molecule has 4 rings (SSSR count). The van der Waals surface area contributed by atoms with Crippen LogP contribution in [-0.4, -0.2) is 44.4 Å². The normalized spacial score (nSPS) is 15.4. The minimum Gasteiger partial charge on any atom is -0.354 e. The maximum Gasteiger partial charge on any atom is 0.177 e. The molecule has 8 heteroatoms. The van der Waals surface area contributed by atoms with Gasteiger partial charge >= 0.3 is 0 Å². The zero-order valence-electron chi connectivity index (χ0n) is 12.3. The zero-order chi connectivity index (χ0) is 14.9. The summed E-state index contributed by atoms with van der Waals surface area (Å²) in [5, 5.41) is 15.9. The number of aromatic nitrogens is 5. The van der Waals surface area contributed by atoms with E-state index in [1.54, 1.807) is 22.2 Å². The number of rotatable bonds is 5. The van der Waals surface area contributed by atoms with Crippen molar-refractivity contribution >= 4 is 22.8 Å². The molecule has 0 bridgehead atoms. The van der Waals surface area contributed by atoms with Crippen LogP contribution < -0.4 is 10.2 Å². The van der Waals surface area contributed by atoms with Gasteiger partial charge in [-0.25, -0.2) is 4.98 Å². The van der Waals surface area contributed by atoms with E-state index < -0.39 is 0 Å². The molecule has 3 aromatic rings. The summed E-state index contributed by atoms with van der Waals surface area (Å²) >= 11 is 1.72. The third kappa shape index (κ3) is 2.55. The Morgan fingerprint density at radius 3 is 3.09 bits per heavy atom. The van der Waals surface area contributed by atoms with Gasteiger partial charge in [-0.15, -0.1) is 26.6 Å². The highest BCUT2D eigenvalue weighted by Gasteiger charge is 2.27.